The molecule has 2 aromatic rings. The van der Waals surface area contributed by atoms with E-state index in [2.05, 4.69) is 10.6 Å². The molecule has 0 saturated carbocycles. The van der Waals surface area contributed by atoms with Crippen molar-refractivity contribution in [3.8, 4) is 0 Å². The number of rotatable bonds is 6. The van der Waals surface area contributed by atoms with Gasteiger partial charge in [0.1, 0.15) is 0 Å². The number of nitrogens with two attached hydrogens (primary N) is 1. The van der Waals surface area contributed by atoms with Crippen LogP contribution in [0, 0.1) is 0 Å². The second-order valence-electron chi connectivity index (χ2n) is 5.95. The molecule has 27 heavy (non-hydrogen) atoms. The number of thiocarbonyl (C=S) groups is 1. The van der Waals surface area contributed by atoms with Crippen LogP contribution in [0.3, 0.4) is 0 Å². The average molecular weight is 396 g/mol. The van der Waals surface area contributed by atoms with Crippen LogP contribution in [-0.2, 0) is 12.7 Å². The van der Waals surface area contributed by atoms with Crippen LogP contribution in [0.4, 0.5) is 30.2 Å². The Morgan fingerprint density at radius 2 is 1.70 bits per heavy atom. The monoisotopic (exact) mass is 396 g/mol. The lowest BCUT2D eigenvalue weighted by atomic mass is 10.1. The standard InChI is InChI=1S/C19H23F3N4S/c1-3-26(4-2)17-10-5-13(11-16(17)19(20,21)22)12-24-18(27)25-15-8-6-14(23)7-9-15/h5-11H,3-4,12,23H2,1-2H3,(H2,24,25,27). The third kappa shape index (κ3) is 5.75. The lowest BCUT2D eigenvalue weighted by Crippen LogP contribution is -2.28. The molecular weight excluding hydrogens is 373 g/mol. The van der Waals surface area contributed by atoms with Crippen LogP contribution in [0.2, 0.25) is 0 Å². The normalized spacial score (nSPS) is 11.1. The van der Waals surface area contributed by atoms with Gasteiger partial charge in [-0.3, -0.25) is 0 Å². The van der Waals surface area contributed by atoms with Crippen molar-refractivity contribution in [1.82, 2.24) is 5.32 Å². The number of anilines is 3. The fourth-order valence-electron chi connectivity index (χ4n) is 2.68. The predicted molar refractivity (Wildman–Crippen MR) is 109 cm³/mol. The first-order chi connectivity index (χ1) is 12.7. The Morgan fingerprint density at radius 1 is 1.07 bits per heavy atom. The van der Waals surface area contributed by atoms with Crippen LogP contribution >= 0.6 is 12.2 Å². The zero-order chi connectivity index (χ0) is 20.0. The third-order valence-electron chi connectivity index (χ3n) is 4.09. The molecule has 0 fully saturated rings. The summed E-state index contributed by atoms with van der Waals surface area (Å²) >= 11 is 5.20. The van der Waals surface area contributed by atoms with E-state index in [1.807, 2.05) is 13.8 Å². The maximum Gasteiger partial charge on any atom is 0.418 e. The minimum Gasteiger partial charge on any atom is -0.399 e. The lowest BCUT2D eigenvalue weighted by molar-refractivity contribution is -0.137. The summed E-state index contributed by atoms with van der Waals surface area (Å²) in [4.78, 5) is 1.69. The van der Waals surface area contributed by atoms with E-state index in [4.69, 9.17) is 18.0 Å². The van der Waals surface area contributed by atoms with E-state index in [9.17, 15) is 13.2 Å². The number of halogens is 3. The SMILES string of the molecule is CCN(CC)c1ccc(CNC(=S)Nc2ccc(N)cc2)cc1C(F)(F)F. The zero-order valence-electron chi connectivity index (χ0n) is 15.2. The van der Waals surface area contributed by atoms with Crippen LogP contribution in [0.5, 0.6) is 0 Å². The van der Waals surface area contributed by atoms with Gasteiger partial charge >= 0.3 is 6.18 Å². The molecule has 0 aromatic heterocycles. The molecule has 0 aliphatic carbocycles. The number of benzene rings is 2. The summed E-state index contributed by atoms with van der Waals surface area (Å²) in [6, 6.07) is 11.4. The van der Waals surface area contributed by atoms with Crippen molar-refractivity contribution < 1.29 is 13.2 Å². The van der Waals surface area contributed by atoms with E-state index in [0.717, 1.165) is 5.69 Å². The first kappa shape index (κ1) is 20.8. The summed E-state index contributed by atoms with van der Waals surface area (Å²) in [7, 11) is 0. The molecule has 4 nitrogen and oxygen atoms in total. The Labute approximate surface area is 162 Å². The molecule has 0 aliphatic rings. The van der Waals surface area contributed by atoms with Crippen molar-refractivity contribution in [2.45, 2.75) is 26.6 Å². The Kier molecular flexibility index (Phi) is 6.90. The summed E-state index contributed by atoms with van der Waals surface area (Å²) < 4.78 is 40.5. The molecule has 4 N–H and O–H groups in total. The van der Waals surface area contributed by atoms with Crippen molar-refractivity contribution in [2.24, 2.45) is 0 Å². The molecule has 0 aliphatic heterocycles. The molecule has 8 heteroatoms. The average Bonchev–Trinajstić information content (AvgIpc) is 2.63. The lowest BCUT2D eigenvalue weighted by Gasteiger charge is -2.25. The molecule has 0 bridgehead atoms. The molecule has 0 atom stereocenters. The number of alkyl halides is 3. The van der Waals surface area contributed by atoms with Crippen molar-refractivity contribution in [1.29, 1.82) is 0 Å². The third-order valence-corrected chi connectivity index (χ3v) is 4.34. The van der Waals surface area contributed by atoms with Gasteiger partial charge in [0, 0.05) is 36.7 Å². The minimum absolute atomic E-state index is 0.183. The van der Waals surface area contributed by atoms with Gasteiger partial charge in [0.2, 0.25) is 0 Å². The quantitative estimate of drug-likeness (QED) is 0.491. The number of hydrogen-bond acceptors (Lipinski definition) is 3. The molecular formula is C19H23F3N4S. The van der Waals surface area contributed by atoms with E-state index in [1.165, 1.54) is 12.1 Å². The van der Waals surface area contributed by atoms with Crippen LogP contribution in [0.25, 0.3) is 0 Å². The molecule has 0 spiro atoms. The van der Waals surface area contributed by atoms with Crippen molar-refractivity contribution in [2.75, 3.05) is 29.0 Å². The van der Waals surface area contributed by atoms with Gasteiger partial charge in [-0.25, -0.2) is 0 Å². The topological polar surface area (TPSA) is 53.3 Å². The maximum absolute atomic E-state index is 13.5. The van der Waals surface area contributed by atoms with Gasteiger partial charge in [0.05, 0.1) is 5.56 Å². The highest BCUT2D eigenvalue weighted by molar-refractivity contribution is 7.80. The van der Waals surface area contributed by atoms with Gasteiger partial charge in [0.25, 0.3) is 0 Å². The molecule has 146 valence electrons. The van der Waals surface area contributed by atoms with Gasteiger partial charge in [-0.1, -0.05) is 6.07 Å². The molecule has 2 rings (SSSR count). The van der Waals surface area contributed by atoms with Crippen LogP contribution in [0.15, 0.2) is 42.5 Å². The molecule has 0 radical (unpaired) electrons. The Hall–Kier alpha value is -2.48. The van der Waals surface area contributed by atoms with Crippen LogP contribution in [-0.4, -0.2) is 18.2 Å². The van der Waals surface area contributed by atoms with Crippen molar-refractivity contribution >= 4 is 34.4 Å². The highest BCUT2D eigenvalue weighted by atomic mass is 32.1. The zero-order valence-corrected chi connectivity index (χ0v) is 16.0. The number of nitrogens with zero attached hydrogens (tertiary/aromatic N) is 1. The predicted octanol–water partition coefficient (Wildman–Crippen LogP) is 4.62. The first-order valence-electron chi connectivity index (χ1n) is 8.60. The minimum atomic E-state index is -4.42. The summed E-state index contributed by atoms with van der Waals surface area (Å²) in [6.07, 6.45) is -4.42. The second-order valence-corrected chi connectivity index (χ2v) is 6.36. The Morgan fingerprint density at radius 3 is 2.26 bits per heavy atom. The largest absolute Gasteiger partial charge is 0.418 e. The molecule has 2 aromatic carbocycles. The van der Waals surface area contributed by atoms with Crippen molar-refractivity contribution in [3.63, 3.8) is 0 Å². The molecule has 0 heterocycles. The van der Waals surface area contributed by atoms with Gasteiger partial charge in [-0.15, -0.1) is 0 Å². The maximum atomic E-state index is 13.5. The van der Waals surface area contributed by atoms with E-state index in [0.29, 0.717) is 29.5 Å². The van der Waals surface area contributed by atoms with Crippen LogP contribution < -0.4 is 21.3 Å². The summed E-state index contributed by atoms with van der Waals surface area (Å²) in [5, 5.41) is 6.21. The summed E-state index contributed by atoms with van der Waals surface area (Å²) in [5.41, 5.74) is 7.06. The molecule has 0 unspecified atom stereocenters. The molecule has 0 amide bonds. The fraction of sp³-hybridized carbons (Fsp3) is 0.316. The highest BCUT2D eigenvalue weighted by Gasteiger charge is 2.34. The van der Waals surface area contributed by atoms with Gasteiger partial charge < -0.3 is 21.3 Å². The Bertz CT molecular complexity index is 772. The number of nitrogen functional groups attached to an aromatic ring is 1. The summed E-state index contributed by atoms with van der Waals surface area (Å²) in [6.45, 7) is 4.86. The van der Waals surface area contributed by atoms with E-state index >= 15 is 0 Å². The first-order valence-corrected chi connectivity index (χ1v) is 9.00. The van der Waals surface area contributed by atoms with Gasteiger partial charge in [-0.05, 0) is 68.0 Å². The molecule has 0 saturated heterocycles. The summed E-state index contributed by atoms with van der Waals surface area (Å²) in [5.74, 6) is 0. The smallest absolute Gasteiger partial charge is 0.399 e. The van der Waals surface area contributed by atoms with Gasteiger partial charge in [0.15, 0.2) is 5.11 Å². The van der Waals surface area contributed by atoms with Crippen molar-refractivity contribution in [3.05, 3.63) is 53.6 Å². The highest BCUT2D eigenvalue weighted by Crippen LogP contribution is 2.37. The van der Waals surface area contributed by atoms with Crippen LogP contribution in [0.1, 0.15) is 25.0 Å². The van der Waals surface area contributed by atoms with Gasteiger partial charge in [-0.2, -0.15) is 13.2 Å². The van der Waals surface area contributed by atoms with E-state index in [-0.39, 0.29) is 12.2 Å². The van der Waals surface area contributed by atoms with E-state index in [1.54, 1.807) is 35.2 Å². The number of hydrogen-bond donors (Lipinski definition) is 3. The fourth-order valence-corrected chi connectivity index (χ4v) is 2.87. The number of nitrogens with one attached hydrogen (secondary N) is 2. The second kappa shape index (κ2) is 8.94. The Balaban J connectivity index is 2.10. The van der Waals surface area contributed by atoms with E-state index < -0.39 is 11.7 Å².